The Kier molecular flexibility index (Phi) is 38.0. The van der Waals surface area contributed by atoms with Gasteiger partial charge in [0, 0.05) is 6.42 Å². The molecule has 1 aliphatic rings. The van der Waals surface area contributed by atoms with Crippen LogP contribution in [0.5, 0.6) is 0 Å². The Morgan fingerprint density at radius 3 is 1.47 bits per heavy atom. The molecular formula is C50H93NO8. The fraction of sp³-hybridized carbons (Fsp3) is 0.860. The van der Waals surface area contributed by atoms with Crippen LogP contribution in [0.1, 0.15) is 219 Å². The van der Waals surface area contributed by atoms with E-state index in [1.807, 2.05) is 6.08 Å². The number of aliphatic hydroxyl groups is 5. The lowest BCUT2D eigenvalue weighted by Crippen LogP contribution is -2.60. The molecule has 0 aromatic carbocycles. The minimum Gasteiger partial charge on any atom is -0.394 e. The Morgan fingerprint density at radius 1 is 0.559 bits per heavy atom. The zero-order valence-corrected chi connectivity index (χ0v) is 38.0. The summed E-state index contributed by atoms with van der Waals surface area (Å²) in [5.41, 5.74) is 0. The van der Waals surface area contributed by atoms with Crippen molar-refractivity contribution in [3.8, 4) is 0 Å². The first-order chi connectivity index (χ1) is 28.8. The highest BCUT2D eigenvalue weighted by molar-refractivity contribution is 5.76. The average Bonchev–Trinajstić information content (AvgIpc) is 3.23. The summed E-state index contributed by atoms with van der Waals surface area (Å²) in [5.74, 6) is -0.198. The molecule has 59 heavy (non-hydrogen) atoms. The van der Waals surface area contributed by atoms with E-state index in [4.69, 9.17) is 9.47 Å². The van der Waals surface area contributed by atoms with Crippen LogP contribution >= 0.6 is 0 Å². The van der Waals surface area contributed by atoms with E-state index in [0.717, 1.165) is 64.2 Å². The van der Waals surface area contributed by atoms with Crippen LogP contribution in [0.25, 0.3) is 0 Å². The van der Waals surface area contributed by atoms with Gasteiger partial charge >= 0.3 is 0 Å². The number of hydrogen-bond donors (Lipinski definition) is 6. The van der Waals surface area contributed by atoms with Crippen molar-refractivity contribution in [3.63, 3.8) is 0 Å². The van der Waals surface area contributed by atoms with Gasteiger partial charge in [-0.05, 0) is 51.4 Å². The maximum atomic E-state index is 12.9. The lowest BCUT2D eigenvalue weighted by atomic mass is 9.99. The molecule has 7 unspecified atom stereocenters. The molecule has 0 radical (unpaired) electrons. The lowest BCUT2D eigenvalue weighted by molar-refractivity contribution is -0.302. The third-order valence-corrected chi connectivity index (χ3v) is 11.7. The molecule has 0 aromatic rings. The average molecular weight is 836 g/mol. The first-order valence-corrected chi connectivity index (χ1v) is 24.7. The highest BCUT2D eigenvalue weighted by atomic mass is 16.7. The largest absolute Gasteiger partial charge is 0.394 e. The van der Waals surface area contributed by atoms with E-state index in [-0.39, 0.29) is 12.5 Å². The van der Waals surface area contributed by atoms with Crippen molar-refractivity contribution >= 4 is 5.91 Å². The fourth-order valence-electron chi connectivity index (χ4n) is 7.68. The molecule has 0 saturated carbocycles. The molecule has 1 fully saturated rings. The number of amides is 1. The molecule has 0 spiro atoms. The molecule has 0 aromatic heterocycles. The van der Waals surface area contributed by atoms with E-state index < -0.39 is 49.5 Å². The quantitative estimate of drug-likeness (QED) is 0.0263. The second-order valence-electron chi connectivity index (χ2n) is 17.2. The molecular weight excluding hydrogens is 743 g/mol. The van der Waals surface area contributed by atoms with Gasteiger partial charge in [0.2, 0.25) is 5.91 Å². The SMILES string of the molecule is CCCC/C=C\CCCCCCCC(=O)NC(COC1OC(CO)C(O)C(O)C1O)C(O)/C=C/CC/C=C/CCCCCCCCCCCCCCCCCCCCC. The second-order valence-corrected chi connectivity index (χ2v) is 17.2. The molecule has 7 atom stereocenters. The monoisotopic (exact) mass is 836 g/mol. The van der Waals surface area contributed by atoms with Gasteiger partial charge in [-0.15, -0.1) is 0 Å². The number of carbonyl (C=O) groups excluding carboxylic acids is 1. The molecule has 1 saturated heterocycles. The van der Waals surface area contributed by atoms with E-state index in [0.29, 0.717) is 6.42 Å². The fourth-order valence-corrected chi connectivity index (χ4v) is 7.68. The highest BCUT2D eigenvalue weighted by Crippen LogP contribution is 2.23. The number of ether oxygens (including phenoxy) is 2. The van der Waals surface area contributed by atoms with Crippen LogP contribution < -0.4 is 5.32 Å². The van der Waals surface area contributed by atoms with E-state index in [9.17, 15) is 30.3 Å². The summed E-state index contributed by atoms with van der Waals surface area (Å²) in [6.07, 6.45) is 43.6. The van der Waals surface area contributed by atoms with Gasteiger partial charge in [0.05, 0.1) is 25.4 Å². The maximum absolute atomic E-state index is 12.9. The van der Waals surface area contributed by atoms with Crippen LogP contribution in [-0.4, -0.2) is 87.5 Å². The summed E-state index contributed by atoms with van der Waals surface area (Å²) >= 11 is 0. The van der Waals surface area contributed by atoms with E-state index >= 15 is 0 Å². The molecule has 346 valence electrons. The summed E-state index contributed by atoms with van der Waals surface area (Å²) in [6, 6.07) is -0.824. The molecule has 1 rings (SSSR count). The minimum absolute atomic E-state index is 0.198. The summed E-state index contributed by atoms with van der Waals surface area (Å²) in [7, 11) is 0. The van der Waals surface area contributed by atoms with Gasteiger partial charge < -0.3 is 40.3 Å². The van der Waals surface area contributed by atoms with Crippen molar-refractivity contribution in [1.82, 2.24) is 5.32 Å². The summed E-state index contributed by atoms with van der Waals surface area (Å²) in [5, 5.41) is 54.2. The number of aliphatic hydroxyl groups excluding tert-OH is 5. The van der Waals surface area contributed by atoms with Crippen molar-refractivity contribution in [1.29, 1.82) is 0 Å². The van der Waals surface area contributed by atoms with Crippen molar-refractivity contribution in [2.75, 3.05) is 13.2 Å². The van der Waals surface area contributed by atoms with Crippen LogP contribution in [-0.2, 0) is 14.3 Å². The number of rotatable bonds is 41. The summed E-state index contributed by atoms with van der Waals surface area (Å²) in [6.45, 7) is 3.72. The molecule has 1 heterocycles. The zero-order chi connectivity index (χ0) is 43.0. The molecule has 1 aliphatic heterocycles. The van der Waals surface area contributed by atoms with Crippen LogP contribution in [0.15, 0.2) is 36.5 Å². The first kappa shape index (κ1) is 55.4. The molecule has 6 N–H and O–H groups in total. The number of nitrogens with one attached hydrogen (secondary N) is 1. The Hall–Kier alpha value is -1.59. The highest BCUT2D eigenvalue weighted by Gasteiger charge is 2.44. The number of carbonyl (C=O) groups is 1. The molecule has 9 nitrogen and oxygen atoms in total. The Morgan fingerprint density at radius 2 is 0.983 bits per heavy atom. The van der Waals surface area contributed by atoms with Gasteiger partial charge in [0.15, 0.2) is 6.29 Å². The topological polar surface area (TPSA) is 149 Å². The van der Waals surface area contributed by atoms with Crippen molar-refractivity contribution in [2.24, 2.45) is 0 Å². The van der Waals surface area contributed by atoms with Crippen LogP contribution in [0.3, 0.4) is 0 Å². The molecule has 0 aliphatic carbocycles. The molecule has 1 amide bonds. The van der Waals surface area contributed by atoms with Crippen LogP contribution in [0.4, 0.5) is 0 Å². The number of unbranched alkanes of at least 4 members (excludes halogenated alkanes) is 27. The third kappa shape index (κ3) is 31.0. The minimum atomic E-state index is -1.57. The Labute approximate surface area is 361 Å². The zero-order valence-electron chi connectivity index (χ0n) is 38.0. The van der Waals surface area contributed by atoms with E-state index in [2.05, 4.69) is 43.5 Å². The van der Waals surface area contributed by atoms with Crippen LogP contribution in [0, 0.1) is 0 Å². The molecule has 9 heteroatoms. The van der Waals surface area contributed by atoms with Gasteiger partial charge in [-0.25, -0.2) is 0 Å². The predicted octanol–water partition coefficient (Wildman–Crippen LogP) is 10.8. The Balaban J connectivity index is 2.28. The second kappa shape index (κ2) is 40.5. The van der Waals surface area contributed by atoms with E-state index in [1.165, 1.54) is 135 Å². The normalized spacial score (nSPS) is 21.0. The molecule has 0 bridgehead atoms. The predicted molar refractivity (Wildman–Crippen MR) is 244 cm³/mol. The van der Waals surface area contributed by atoms with Crippen LogP contribution in [0.2, 0.25) is 0 Å². The first-order valence-electron chi connectivity index (χ1n) is 24.7. The van der Waals surface area contributed by atoms with Gasteiger partial charge in [-0.1, -0.05) is 198 Å². The standard InChI is InChI=1S/C50H93NO8/c1-3-5-7-9-11-13-15-16-17-18-19-20-21-22-23-24-25-26-27-28-30-31-33-35-37-39-44(53)43(42-58-50-49(57)48(56)47(55)45(41-52)59-50)51-46(54)40-38-36-34-32-29-14-12-10-8-6-4-2/h10,12,30-31,37,39,43-45,47-50,52-53,55-57H,3-9,11,13-29,32-36,38,40-42H2,1-2H3,(H,51,54)/b12-10-,31-30+,39-37+. The Bertz CT molecular complexity index is 1020. The van der Waals surface area contributed by atoms with Gasteiger partial charge in [-0.3, -0.25) is 4.79 Å². The van der Waals surface area contributed by atoms with Gasteiger partial charge in [-0.2, -0.15) is 0 Å². The summed E-state index contributed by atoms with van der Waals surface area (Å²) in [4.78, 5) is 12.9. The van der Waals surface area contributed by atoms with Crippen molar-refractivity contribution in [3.05, 3.63) is 36.5 Å². The smallest absolute Gasteiger partial charge is 0.220 e. The lowest BCUT2D eigenvalue weighted by Gasteiger charge is -2.40. The number of allylic oxidation sites excluding steroid dienone is 5. The maximum Gasteiger partial charge on any atom is 0.220 e. The summed E-state index contributed by atoms with van der Waals surface area (Å²) < 4.78 is 11.2. The third-order valence-electron chi connectivity index (χ3n) is 11.7. The van der Waals surface area contributed by atoms with Gasteiger partial charge in [0.1, 0.15) is 24.4 Å². The van der Waals surface area contributed by atoms with Crippen molar-refractivity contribution in [2.45, 2.75) is 262 Å². The number of hydrogen-bond acceptors (Lipinski definition) is 8. The van der Waals surface area contributed by atoms with Gasteiger partial charge in [0.25, 0.3) is 0 Å². The van der Waals surface area contributed by atoms with Crippen molar-refractivity contribution < 1.29 is 39.8 Å². The van der Waals surface area contributed by atoms with E-state index in [1.54, 1.807) is 6.08 Å².